The zero-order valence-corrected chi connectivity index (χ0v) is 12.6. The van der Waals surface area contributed by atoms with Crippen molar-refractivity contribution in [2.75, 3.05) is 13.6 Å². The number of aromatic nitrogens is 2. The highest BCUT2D eigenvalue weighted by molar-refractivity contribution is 5.87. The third kappa shape index (κ3) is 2.11. The van der Waals surface area contributed by atoms with Gasteiger partial charge in [0, 0.05) is 35.7 Å². The van der Waals surface area contributed by atoms with Crippen molar-refractivity contribution in [2.24, 2.45) is 0 Å². The van der Waals surface area contributed by atoms with Gasteiger partial charge < -0.3 is 9.47 Å². The van der Waals surface area contributed by atoms with Crippen LogP contribution in [0, 0.1) is 5.82 Å². The second-order valence-electron chi connectivity index (χ2n) is 5.97. The second-order valence-corrected chi connectivity index (χ2v) is 5.97. The summed E-state index contributed by atoms with van der Waals surface area (Å²) in [5, 5.41) is 1.03. The number of pyridine rings is 1. The number of hydrogen-bond donors (Lipinski definition) is 0. The predicted molar refractivity (Wildman–Crippen MR) is 85.7 cm³/mol. The first-order chi connectivity index (χ1) is 10.7. The second kappa shape index (κ2) is 5.21. The SMILES string of the molecule is CN1CCCc2c(c3cc(F)ccc3n2-c2ccncc2)C1. The average molecular weight is 295 g/mol. The molecule has 3 aromatic rings. The van der Waals surface area contributed by atoms with Crippen LogP contribution in [-0.2, 0) is 13.0 Å². The Balaban J connectivity index is 2.05. The van der Waals surface area contributed by atoms with Crippen molar-refractivity contribution >= 4 is 10.9 Å². The van der Waals surface area contributed by atoms with Gasteiger partial charge in [0.25, 0.3) is 0 Å². The molecule has 0 fully saturated rings. The number of hydrogen-bond acceptors (Lipinski definition) is 2. The molecule has 1 aromatic carbocycles. The van der Waals surface area contributed by atoms with Gasteiger partial charge in [-0.25, -0.2) is 4.39 Å². The number of benzene rings is 1. The van der Waals surface area contributed by atoms with Gasteiger partial charge in [0.05, 0.1) is 5.52 Å². The Morgan fingerprint density at radius 3 is 2.77 bits per heavy atom. The fourth-order valence-electron chi connectivity index (χ4n) is 3.47. The molecule has 2 aromatic heterocycles. The molecule has 4 rings (SSSR count). The van der Waals surface area contributed by atoms with Crippen molar-refractivity contribution < 1.29 is 4.39 Å². The van der Waals surface area contributed by atoms with E-state index in [9.17, 15) is 4.39 Å². The summed E-state index contributed by atoms with van der Waals surface area (Å²) in [5.41, 5.74) is 4.73. The minimum absolute atomic E-state index is 0.172. The summed E-state index contributed by atoms with van der Waals surface area (Å²) < 4.78 is 16.1. The van der Waals surface area contributed by atoms with E-state index in [1.54, 1.807) is 24.5 Å². The highest BCUT2D eigenvalue weighted by Gasteiger charge is 2.21. The molecule has 0 bridgehead atoms. The molecule has 0 aliphatic carbocycles. The van der Waals surface area contributed by atoms with E-state index in [4.69, 9.17) is 0 Å². The molecule has 0 radical (unpaired) electrons. The maximum absolute atomic E-state index is 13.8. The first-order valence-corrected chi connectivity index (χ1v) is 7.65. The lowest BCUT2D eigenvalue weighted by atomic mass is 10.1. The molecule has 112 valence electrons. The molecule has 0 amide bonds. The Labute approximate surface area is 129 Å². The Morgan fingerprint density at radius 1 is 1.14 bits per heavy atom. The summed E-state index contributed by atoms with van der Waals surface area (Å²) in [6.07, 6.45) is 5.74. The van der Waals surface area contributed by atoms with Crippen molar-refractivity contribution in [3.8, 4) is 5.69 Å². The summed E-state index contributed by atoms with van der Waals surface area (Å²) in [7, 11) is 2.13. The van der Waals surface area contributed by atoms with Crippen molar-refractivity contribution in [2.45, 2.75) is 19.4 Å². The van der Waals surface area contributed by atoms with E-state index >= 15 is 0 Å². The molecule has 3 heterocycles. The Hall–Kier alpha value is -2.20. The van der Waals surface area contributed by atoms with Crippen LogP contribution in [0.3, 0.4) is 0 Å². The van der Waals surface area contributed by atoms with E-state index in [2.05, 4.69) is 21.5 Å². The van der Waals surface area contributed by atoms with E-state index in [1.807, 2.05) is 18.2 Å². The first-order valence-electron chi connectivity index (χ1n) is 7.65. The third-order valence-corrected chi connectivity index (χ3v) is 4.45. The van der Waals surface area contributed by atoms with Crippen LogP contribution in [-0.4, -0.2) is 28.0 Å². The first kappa shape index (κ1) is 13.5. The summed E-state index contributed by atoms with van der Waals surface area (Å²) in [5.74, 6) is -0.172. The van der Waals surface area contributed by atoms with Gasteiger partial charge in [-0.3, -0.25) is 4.98 Å². The summed E-state index contributed by atoms with van der Waals surface area (Å²) in [6.45, 7) is 1.94. The van der Waals surface area contributed by atoms with Gasteiger partial charge in [-0.2, -0.15) is 0 Å². The van der Waals surface area contributed by atoms with Gasteiger partial charge in [-0.15, -0.1) is 0 Å². The normalized spacial score (nSPS) is 15.7. The molecule has 4 heteroatoms. The van der Waals surface area contributed by atoms with Gasteiger partial charge in [0.15, 0.2) is 0 Å². The lowest BCUT2D eigenvalue weighted by Gasteiger charge is -2.12. The van der Waals surface area contributed by atoms with Gasteiger partial charge >= 0.3 is 0 Å². The van der Waals surface area contributed by atoms with Crippen molar-refractivity contribution in [1.29, 1.82) is 0 Å². The number of rotatable bonds is 1. The molecule has 0 saturated heterocycles. The predicted octanol–water partition coefficient (Wildman–Crippen LogP) is 3.54. The zero-order chi connectivity index (χ0) is 15.1. The maximum atomic E-state index is 13.8. The molecule has 1 aliphatic rings. The van der Waals surface area contributed by atoms with Crippen LogP contribution in [0.5, 0.6) is 0 Å². The van der Waals surface area contributed by atoms with Crippen LogP contribution in [0.4, 0.5) is 4.39 Å². The highest BCUT2D eigenvalue weighted by Crippen LogP contribution is 2.33. The van der Waals surface area contributed by atoms with Crippen LogP contribution < -0.4 is 0 Å². The molecule has 3 nitrogen and oxygen atoms in total. The Kier molecular flexibility index (Phi) is 3.19. The van der Waals surface area contributed by atoms with Gasteiger partial charge in [0.1, 0.15) is 5.82 Å². The van der Waals surface area contributed by atoms with Crippen LogP contribution in [0.15, 0.2) is 42.7 Å². The van der Waals surface area contributed by atoms with E-state index in [1.165, 1.54) is 11.3 Å². The van der Waals surface area contributed by atoms with E-state index in [-0.39, 0.29) is 5.82 Å². The minimum atomic E-state index is -0.172. The maximum Gasteiger partial charge on any atom is 0.123 e. The van der Waals surface area contributed by atoms with Gasteiger partial charge in [0.2, 0.25) is 0 Å². The highest BCUT2D eigenvalue weighted by atomic mass is 19.1. The smallest absolute Gasteiger partial charge is 0.123 e. The fraction of sp³-hybridized carbons (Fsp3) is 0.278. The Morgan fingerprint density at radius 2 is 1.95 bits per heavy atom. The van der Waals surface area contributed by atoms with Crippen molar-refractivity contribution in [3.63, 3.8) is 0 Å². The molecular formula is C18H18FN3. The number of halogens is 1. The lowest BCUT2D eigenvalue weighted by molar-refractivity contribution is 0.333. The molecule has 1 aliphatic heterocycles. The molecule has 22 heavy (non-hydrogen) atoms. The minimum Gasteiger partial charge on any atom is -0.313 e. The van der Waals surface area contributed by atoms with Crippen LogP contribution in [0.25, 0.3) is 16.6 Å². The van der Waals surface area contributed by atoms with Crippen molar-refractivity contribution in [3.05, 3.63) is 59.8 Å². The lowest BCUT2D eigenvalue weighted by Crippen LogP contribution is -2.17. The standard InChI is InChI=1S/C18H18FN3/c1-21-10-2-3-17-16(12-21)15-11-13(19)4-5-18(15)22(17)14-6-8-20-9-7-14/h4-9,11H,2-3,10,12H2,1H3. The van der Waals surface area contributed by atoms with E-state index in [0.717, 1.165) is 42.5 Å². The molecular weight excluding hydrogens is 277 g/mol. The van der Waals surface area contributed by atoms with Crippen LogP contribution >= 0.6 is 0 Å². The molecule has 0 unspecified atom stereocenters. The van der Waals surface area contributed by atoms with Crippen LogP contribution in [0.2, 0.25) is 0 Å². The topological polar surface area (TPSA) is 21.1 Å². The molecule has 0 spiro atoms. The van der Waals surface area contributed by atoms with Gasteiger partial charge in [-0.1, -0.05) is 0 Å². The van der Waals surface area contributed by atoms with Crippen molar-refractivity contribution in [1.82, 2.24) is 14.5 Å². The largest absolute Gasteiger partial charge is 0.313 e. The van der Waals surface area contributed by atoms with E-state index in [0.29, 0.717) is 0 Å². The number of fused-ring (bicyclic) bond motifs is 3. The van der Waals surface area contributed by atoms with Gasteiger partial charge in [-0.05, 0) is 62.3 Å². The van der Waals surface area contributed by atoms with Crippen LogP contribution in [0.1, 0.15) is 17.7 Å². The number of nitrogens with zero attached hydrogens (tertiary/aromatic N) is 3. The third-order valence-electron chi connectivity index (χ3n) is 4.45. The summed E-state index contributed by atoms with van der Waals surface area (Å²) in [4.78, 5) is 6.42. The Bertz CT molecular complexity index is 823. The average Bonchev–Trinajstić information content (AvgIpc) is 2.68. The summed E-state index contributed by atoms with van der Waals surface area (Å²) >= 11 is 0. The van der Waals surface area contributed by atoms with E-state index < -0.39 is 0 Å². The molecule has 0 atom stereocenters. The molecule has 0 saturated carbocycles. The fourth-order valence-corrected chi connectivity index (χ4v) is 3.47. The zero-order valence-electron chi connectivity index (χ0n) is 12.6. The monoisotopic (exact) mass is 295 g/mol. The molecule has 0 N–H and O–H groups in total. The quantitative estimate of drug-likeness (QED) is 0.684. The summed E-state index contributed by atoms with van der Waals surface area (Å²) in [6, 6.07) is 9.13.